The minimum Gasteiger partial charge on any atom is -0.396 e. The summed E-state index contributed by atoms with van der Waals surface area (Å²) < 4.78 is 0. The third-order valence-electron chi connectivity index (χ3n) is 0.848. The summed E-state index contributed by atoms with van der Waals surface area (Å²) in [6.07, 6.45) is 0. The minimum atomic E-state index is 0.0532. The molecule has 0 amide bonds. The van der Waals surface area contributed by atoms with Crippen LogP contribution in [0.15, 0.2) is 0 Å². The van der Waals surface area contributed by atoms with E-state index >= 15 is 0 Å². The van der Waals surface area contributed by atoms with Gasteiger partial charge in [-0.2, -0.15) is 0 Å². The van der Waals surface area contributed by atoms with E-state index in [0.717, 1.165) is 5.75 Å². The summed E-state index contributed by atoms with van der Waals surface area (Å²) in [4.78, 5) is 0. The normalized spacial score (nSPS) is 10.5. The third-order valence-corrected chi connectivity index (χ3v) is 2.09. The van der Waals surface area contributed by atoms with Crippen molar-refractivity contribution in [3.63, 3.8) is 0 Å². The van der Waals surface area contributed by atoms with E-state index < -0.39 is 0 Å². The van der Waals surface area contributed by atoms with Crippen LogP contribution in [-0.4, -0.2) is 29.2 Å². The Labute approximate surface area is 55.6 Å². The molecule has 8 heavy (non-hydrogen) atoms. The van der Waals surface area contributed by atoms with Gasteiger partial charge >= 0.3 is 0 Å². The largest absolute Gasteiger partial charge is 0.396 e. The first-order valence-electron chi connectivity index (χ1n) is 2.38. The Kier molecular flexibility index (Phi) is 6.34. The maximum atomic E-state index is 8.47. The van der Waals surface area contributed by atoms with E-state index in [1.807, 2.05) is 0 Å². The number of rotatable bonds is 4. The predicted molar refractivity (Wildman–Crippen MR) is 39.8 cm³/mol. The average Bonchev–Trinajstić information content (AvgIpc) is 1.83. The lowest BCUT2D eigenvalue weighted by atomic mass is 10.2. The number of hydrogen-bond donors (Lipinski definition) is 2. The van der Waals surface area contributed by atoms with Crippen LogP contribution in [0.5, 0.6) is 0 Å². The van der Waals surface area contributed by atoms with E-state index in [-0.39, 0.29) is 19.1 Å². The standard InChI is InChI=1S/C4H11O2PS/c5-1-4(2-6)3-8-7/h4-6H,1-3,7H2. The van der Waals surface area contributed by atoms with E-state index in [1.54, 1.807) is 11.4 Å². The summed E-state index contributed by atoms with van der Waals surface area (Å²) in [5, 5.41) is 16.9. The van der Waals surface area contributed by atoms with Gasteiger partial charge in [0.2, 0.25) is 0 Å². The summed E-state index contributed by atoms with van der Waals surface area (Å²) in [5.74, 6) is 0.856. The second kappa shape index (κ2) is 5.83. The molecule has 0 spiro atoms. The molecule has 0 aliphatic rings. The molecule has 0 aliphatic heterocycles. The van der Waals surface area contributed by atoms with Crippen LogP contribution in [0.25, 0.3) is 0 Å². The van der Waals surface area contributed by atoms with Crippen molar-refractivity contribution in [2.24, 2.45) is 5.92 Å². The fourth-order valence-corrected chi connectivity index (χ4v) is 1.60. The molecule has 1 atom stereocenters. The highest BCUT2D eigenvalue weighted by Gasteiger charge is 2.02. The fraction of sp³-hybridized carbons (Fsp3) is 1.00. The first kappa shape index (κ1) is 8.70. The van der Waals surface area contributed by atoms with Crippen LogP contribution in [0.3, 0.4) is 0 Å². The van der Waals surface area contributed by atoms with Crippen molar-refractivity contribution in [1.82, 2.24) is 0 Å². The van der Waals surface area contributed by atoms with Crippen LogP contribution in [0, 0.1) is 5.92 Å². The van der Waals surface area contributed by atoms with Gasteiger partial charge in [0, 0.05) is 24.9 Å². The lowest BCUT2D eigenvalue weighted by molar-refractivity contribution is 0.164. The van der Waals surface area contributed by atoms with Crippen molar-refractivity contribution in [2.45, 2.75) is 0 Å². The van der Waals surface area contributed by atoms with Gasteiger partial charge in [0.05, 0.1) is 0 Å². The van der Waals surface area contributed by atoms with Gasteiger partial charge in [0.15, 0.2) is 0 Å². The van der Waals surface area contributed by atoms with Crippen LogP contribution >= 0.6 is 19.8 Å². The van der Waals surface area contributed by atoms with Gasteiger partial charge in [-0.15, -0.1) is 11.4 Å². The molecule has 0 fully saturated rings. The van der Waals surface area contributed by atoms with Crippen LogP contribution in [-0.2, 0) is 0 Å². The summed E-state index contributed by atoms with van der Waals surface area (Å²) in [7, 11) is 2.48. The Bertz CT molecular complexity index is 49.3. The zero-order chi connectivity index (χ0) is 6.41. The average molecular weight is 154 g/mol. The van der Waals surface area contributed by atoms with Crippen LogP contribution in [0.1, 0.15) is 0 Å². The molecule has 0 heterocycles. The molecule has 0 aromatic carbocycles. The highest BCUT2D eigenvalue weighted by atomic mass is 32.7. The SMILES string of the molecule is OCC(CO)CSP. The van der Waals surface area contributed by atoms with Crippen LogP contribution < -0.4 is 0 Å². The van der Waals surface area contributed by atoms with Crippen molar-refractivity contribution >= 4 is 19.8 Å². The Morgan fingerprint density at radius 2 is 1.88 bits per heavy atom. The first-order valence-corrected chi connectivity index (χ1v) is 4.84. The first-order chi connectivity index (χ1) is 3.85. The highest BCUT2D eigenvalue weighted by molar-refractivity contribution is 8.43. The summed E-state index contributed by atoms with van der Waals surface area (Å²) in [5.41, 5.74) is 0. The Morgan fingerprint density at radius 3 is 2.00 bits per heavy atom. The molecule has 0 aromatic rings. The molecule has 1 unspecified atom stereocenters. The van der Waals surface area contributed by atoms with Gasteiger partial charge in [-0.1, -0.05) is 8.44 Å². The van der Waals surface area contributed by atoms with Crippen molar-refractivity contribution in [1.29, 1.82) is 0 Å². The highest BCUT2D eigenvalue weighted by Crippen LogP contribution is 2.14. The molecule has 0 radical (unpaired) electrons. The third kappa shape index (κ3) is 3.67. The Morgan fingerprint density at radius 1 is 1.38 bits per heavy atom. The molecule has 0 saturated heterocycles. The molecule has 50 valence electrons. The predicted octanol–water partition coefficient (Wildman–Crippen LogP) is 0.110. The van der Waals surface area contributed by atoms with Crippen molar-refractivity contribution in [3.8, 4) is 0 Å². The quantitative estimate of drug-likeness (QED) is 0.565. The zero-order valence-corrected chi connectivity index (χ0v) is 6.55. The number of aliphatic hydroxyl groups excluding tert-OH is 2. The van der Waals surface area contributed by atoms with Crippen LogP contribution in [0.4, 0.5) is 0 Å². The van der Waals surface area contributed by atoms with Gasteiger partial charge in [0.25, 0.3) is 0 Å². The van der Waals surface area contributed by atoms with E-state index in [2.05, 4.69) is 8.44 Å². The summed E-state index contributed by atoms with van der Waals surface area (Å²) >= 11 is 1.56. The minimum absolute atomic E-state index is 0.0532. The molecular weight excluding hydrogens is 143 g/mol. The lowest BCUT2D eigenvalue weighted by Gasteiger charge is -2.06. The smallest absolute Gasteiger partial charge is 0.0489 e. The van der Waals surface area contributed by atoms with E-state index in [0.29, 0.717) is 0 Å². The van der Waals surface area contributed by atoms with Gasteiger partial charge in [-0.05, 0) is 0 Å². The Hall–Kier alpha value is 0.700. The van der Waals surface area contributed by atoms with Crippen molar-refractivity contribution < 1.29 is 10.2 Å². The molecular formula is C4H11O2PS. The molecule has 0 aliphatic carbocycles. The molecule has 0 bridgehead atoms. The number of hydrogen-bond acceptors (Lipinski definition) is 3. The van der Waals surface area contributed by atoms with Gasteiger partial charge in [0.1, 0.15) is 0 Å². The molecule has 2 N–H and O–H groups in total. The lowest BCUT2D eigenvalue weighted by Crippen LogP contribution is -2.12. The van der Waals surface area contributed by atoms with E-state index in [1.165, 1.54) is 0 Å². The van der Waals surface area contributed by atoms with Gasteiger partial charge in [-0.25, -0.2) is 0 Å². The molecule has 4 heteroatoms. The second-order valence-corrected chi connectivity index (χ2v) is 3.23. The zero-order valence-electron chi connectivity index (χ0n) is 4.58. The molecule has 0 aromatic heterocycles. The monoisotopic (exact) mass is 154 g/mol. The van der Waals surface area contributed by atoms with Crippen molar-refractivity contribution in [2.75, 3.05) is 19.0 Å². The van der Waals surface area contributed by atoms with Crippen LogP contribution in [0.2, 0.25) is 0 Å². The Balaban J connectivity index is 3.07. The fourth-order valence-electron chi connectivity index (χ4n) is 0.299. The van der Waals surface area contributed by atoms with E-state index in [4.69, 9.17) is 10.2 Å². The van der Waals surface area contributed by atoms with Gasteiger partial charge < -0.3 is 10.2 Å². The molecule has 0 rings (SSSR count). The number of aliphatic hydroxyl groups is 2. The molecule has 2 nitrogen and oxygen atoms in total. The van der Waals surface area contributed by atoms with E-state index in [9.17, 15) is 0 Å². The summed E-state index contributed by atoms with van der Waals surface area (Å²) in [6.45, 7) is 0.163. The van der Waals surface area contributed by atoms with Gasteiger partial charge in [-0.3, -0.25) is 0 Å². The van der Waals surface area contributed by atoms with Crippen molar-refractivity contribution in [3.05, 3.63) is 0 Å². The maximum absolute atomic E-state index is 8.47. The summed E-state index contributed by atoms with van der Waals surface area (Å²) in [6, 6.07) is 0. The second-order valence-electron chi connectivity index (χ2n) is 1.56. The molecule has 0 saturated carbocycles. The topological polar surface area (TPSA) is 40.5 Å². The maximum Gasteiger partial charge on any atom is 0.0489 e.